The van der Waals surface area contributed by atoms with E-state index < -0.39 is 0 Å². The van der Waals surface area contributed by atoms with E-state index >= 15 is 0 Å². The van der Waals surface area contributed by atoms with Crippen LogP contribution in [0.5, 0.6) is 0 Å². The number of rotatable bonds is 4. The predicted octanol–water partition coefficient (Wildman–Crippen LogP) is 3.13. The van der Waals surface area contributed by atoms with E-state index in [2.05, 4.69) is 48.6 Å². The first-order valence-corrected chi connectivity index (χ1v) is 11.3. The van der Waals surface area contributed by atoms with Gasteiger partial charge in [0.2, 0.25) is 0 Å². The summed E-state index contributed by atoms with van der Waals surface area (Å²) in [5.41, 5.74) is 3.31. The zero-order valence-electron chi connectivity index (χ0n) is 11.5. The first-order valence-electron chi connectivity index (χ1n) is 6.38. The van der Waals surface area contributed by atoms with Crippen LogP contribution in [0.2, 0.25) is 0 Å². The van der Waals surface area contributed by atoms with Gasteiger partial charge in [-0.25, -0.2) is 0 Å². The summed E-state index contributed by atoms with van der Waals surface area (Å²) in [6, 6.07) is 10.0. The molecule has 0 saturated carbocycles. The van der Waals surface area contributed by atoms with Gasteiger partial charge in [0.1, 0.15) is 0 Å². The third-order valence-corrected chi connectivity index (χ3v) is 2.89. The Morgan fingerprint density at radius 1 is 1.14 bits per heavy atom. The Hall–Kier alpha value is -1.19. The Morgan fingerprint density at radius 2 is 1.90 bits per heavy atom. The van der Waals surface area contributed by atoms with Crippen LogP contribution in [-0.2, 0) is 30.8 Å². The molecule has 112 valence electrons. The van der Waals surface area contributed by atoms with E-state index in [1.54, 1.807) is 6.20 Å². The van der Waals surface area contributed by atoms with Gasteiger partial charge in [0.25, 0.3) is 0 Å². The van der Waals surface area contributed by atoms with Gasteiger partial charge in [0.15, 0.2) is 0 Å². The first-order chi connectivity index (χ1) is 10.3. The molecule has 0 amide bonds. The van der Waals surface area contributed by atoms with E-state index in [1.165, 1.54) is 5.56 Å². The Bertz CT molecular complexity index is 596. The summed E-state index contributed by atoms with van der Waals surface area (Å²) in [7, 11) is 0. The van der Waals surface area contributed by atoms with Crippen molar-refractivity contribution in [1.82, 2.24) is 19.3 Å². The number of hydrogen-bond donors (Lipinski definition) is 0. The molecule has 3 rings (SSSR count). The molecule has 0 spiro atoms. The predicted molar refractivity (Wildman–Crippen MR) is 81.6 cm³/mol. The summed E-state index contributed by atoms with van der Waals surface area (Å²) < 4.78 is 3.88. The summed E-state index contributed by atoms with van der Waals surface area (Å²) >= 11 is 4.86. The summed E-state index contributed by atoms with van der Waals surface area (Å²) in [5, 5.41) is 4.21. The fourth-order valence-electron chi connectivity index (χ4n) is 2.14. The normalized spacial score (nSPS) is 10.1. The van der Waals surface area contributed by atoms with Crippen molar-refractivity contribution in [3.8, 4) is 0 Å². The van der Waals surface area contributed by atoms with Gasteiger partial charge in [-0.2, -0.15) is 17.2 Å². The summed E-state index contributed by atoms with van der Waals surface area (Å²) in [6.45, 7) is 3.55. The molecule has 0 fully saturated rings. The van der Waals surface area contributed by atoms with Crippen molar-refractivity contribution in [1.29, 1.82) is 0 Å². The second kappa shape index (κ2) is 8.30. The van der Waals surface area contributed by atoms with Gasteiger partial charge in [0.05, 0.1) is 17.9 Å². The molecule has 0 aliphatic rings. The summed E-state index contributed by atoms with van der Waals surface area (Å²) in [5.74, 6) is 0. The van der Waals surface area contributed by atoms with Crippen LogP contribution in [0, 0.1) is 13.1 Å². The zero-order chi connectivity index (χ0) is 15.1. The average Bonchev–Trinajstić information content (AvgIpc) is 3.14. The van der Waals surface area contributed by atoms with Crippen LogP contribution in [0.3, 0.4) is 0 Å². The molecule has 0 aliphatic heterocycles. The number of pyridine rings is 1. The molecular formula is C15H15BrN4Pt. The molecule has 0 unspecified atom stereocenters. The van der Waals surface area contributed by atoms with Crippen LogP contribution >= 0.6 is 13.3 Å². The molecule has 0 saturated heterocycles. The molecule has 3 aromatic rings. The molecule has 0 atom stereocenters. The fourth-order valence-corrected chi connectivity index (χ4v) is 2.14. The van der Waals surface area contributed by atoms with Crippen LogP contribution in [0.25, 0.3) is 0 Å². The van der Waals surface area contributed by atoms with Crippen molar-refractivity contribution < 1.29 is 17.8 Å². The second-order valence-electron chi connectivity index (χ2n) is 4.60. The van der Waals surface area contributed by atoms with Gasteiger partial charge in [-0.3, -0.25) is 9.67 Å². The SMILES string of the molecule is Cc1cc(Cn2[c-]ccc2)nc(Cn2cccn2)c1.[Br][Pt+]. The van der Waals surface area contributed by atoms with E-state index in [-0.39, 0.29) is 0 Å². The molecule has 3 heterocycles. The molecule has 3 aromatic heterocycles. The van der Waals surface area contributed by atoms with Gasteiger partial charge in [-0.05, 0) is 30.7 Å². The average molecular weight is 526 g/mol. The Kier molecular flexibility index (Phi) is 6.40. The number of nitrogens with zero attached hydrogens (tertiary/aromatic N) is 4. The van der Waals surface area contributed by atoms with Crippen LogP contribution in [-0.4, -0.2) is 19.3 Å². The molecular weight excluding hydrogens is 511 g/mol. The quantitative estimate of drug-likeness (QED) is 0.490. The van der Waals surface area contributed by atoms with Crippen molar-refractivity contribution in [3.05, 3.63) is 72.1 Å². The standard InChI is InChI=1S/C15H15N4.BrH.Pt/c1-13-9-14(11-18-6-2-3-7-18)17-15(10-13)12-19-8-4-5-16-19;;/h2-6,8-10H,11-12H2,1H3;1H;/q-1;;+2/p-1. The van der Waals surface area contributed by atoms with Crippen LogP contribution < -0.4 is 0 Å². The fraction of sp³-hybridized carbons (Fsp3) is 0.200. The molecule has 0 radical (unpaired) electrons. The number of halogens is 1. The molecule has 0 aromatic carbocycles. The van der Waals surface area contributed by atoms with Gasteiger partial charge in [0, 0.05) is 18.9 Å². The van der Waals surface area contributed by atoms with E-state index in [0.29, 0.717) is 6.54 Å². The maximum absolute atomic E-state index is 4.68. The minimum atomic E-state index is 0.705. The summed E-state index contributed by atoms with van der Waals surface area (Å²) in [6.07, 6.45) is 8.86. The van der Waals surface area contributed by atoms with E-state index in [4.69, 9.17) is 0 Å². The van der Waals surface area contributed by atoms with Crippen molar-refractivity contribution in [2.24, 2.45) is 0 Å². The Balaban J connectivity index is 0.000000774. The molecule has 0 bridgehead atoms. The zero-order valence-corrected chi connectivity index (χ0v) is 15.4. The number of aryl methyl sites for hydroxylation is 1. The minimum absolute atomic E-state index is 0.705. The Morgan fingerprint density at radius 3 is 2.52 bits per heavy atom. The van der Waals surface area contributed by atoms with Gasteiger partial charge < -0.3 is 4.57 Å². The van der Waals surface area contributed by atoms with Crippen molar-refractivity contribution in [2.75, 3.05) is 0 Å². The van der Waals surface area contributed by atoms with E-state index in [0.717, 1.165) is 17.9 Å². The van der Waals surface area contributed by atoms with Crippen LogP contribution in [0.15, 0.2) is 48.9 Å². The van der Waals surface area contributed by atoms with Crippen LogP contribution in [0.4, 0.5) is 0 Å². The van der Waals surface area contributed by atoms with Gasteiger partial charge in [-0.15, -0.1) is 12.4 Å². The van der Waals surface area contributed by atoms with E-state index in [9.17, 15) is 0 Å². The van der Waals surface area contributed by atoms with E-state index in [1.807, 2.05) is 57.6 Å². The molecule has 4 nitrogen and oxygen atoms in total. The maximum atomic E-state index is 4.68. The third-order valence-electron chi connectivity index (χ3n) is 2.89. The number of aromatic nitrogens is 4. The first kappa shape index (κ1) is 16.2. The van der Waals surface area contributed by atoms with Crippen LogP contribution in [0.1, 0.15) is 17.0 Å². The van der Waals surface area contributed by atoms with Gasteiger partial charge >= 0.3 is 31.1 Å². The topological polar surface area (TPSA) is 35.6 Å². The monoisotopic (exact) mass is 525 g/mol. The number of hydrogen-bond acceptors (Lipinski definition) is 2. The van der Waals surface area contributed by atoms with Crippen molar-refractivity contribution >= 4 is 13.3 Å². The second-order valence-corrected chi connectivity index (χ2v) is 4.60. The molecule has 21 heavy (non-hydrogen) atoms. The molecule has 0 aliphatic carbocycles. The van der Waals surface area contributed by atoms with Crippen molar-refractivity contribution in [3.63, 3.8) is 0 Å². The van der Waals surface area contributed by atoms with Gasteiger partial charge in [-0.1, -0.05) is 0 Å². The summed E-state index contributed by atoms with van der Waals surface area (Å²) in [4.78, 5) is 4.68. The third kappa shape index (κ3) is 4.94. The molecule has 0 N–H and O–H groups in total. The molecule has 6 heteroatoms. The Labute approximate surface area is 142 Å². The van der Waals surface area contributed by atoms with Crippen molar-refractivity contribution in [2.45, 2.75) is 20.0 Å².